The minimum absolute atomic E-state index is 0.00843. The summed E-state index contributed by atoms with van der Waals surface area (Å²) in [6.07, 6.45) is 2.27. The lowest BCUT2D eigenvalue weighted by molar-refractivity contribution is 0.0910. The molecule has 1 amide bonds. The summed E-state index contributed by atoms with van der Waals surface area (Å²) >= 11 is 0. The molecule has 1 saturated carbocycles. The fourth-order valence-electron chi connectivity index (χ4n) is 3.05. The van der Waals surface area contributed by atoms with Crippen LogP contribution in [-0.4, -0.2) is 31.9 Å². The summed E-state index contributed by atoms with van der Waals surface area (Å²) < 4.78 is 7.45. The van der Waals surface area contributed by atoms with Crippen LogP contribution < -0.4 is 5.32 Å². The van der Waals surface area contributed by atoms with Crippen molar-refractivity contribution in [1.82, 2.24) is 25.3 Å². The molecule has 0 unspecified atom stereocenters. The van der Waals surface area contributed by atoms with Crippen molar-refractivity contribution in [2.45, 2.75) is 59.4 Å². The highest BCUT2D eigenvalue weighted by Crippen LogP contribution is 2.42. The third-order valence-corrected chi connectivity index (χ3v) is 5.48. The van der Waals surface area contributed by atoms with E-state index in [2.05, 4.69) is 36.3 Å². The van der Waals surface area contributed by atoms with Gasteiger partial charge in [-0.3, -0.25) is 4.79 Å². The van der Waals surface area contributed by atoms with Gasteiger partial charge >= 0.3 is 0 Å². The van der Waals surface area contributed by atoms with E-state index in [1.165, 1.54) is 0 Å². The normalized spacial score (nSPS) is 15.3. The molecule has 1 aliphatic rings. The summed E-state index contributed by atoms with van der Waals surface area (Å²) in [5, 5.41) is 15.8. The third kappa shape index (κ3) is 4.09. The smallest absolute Gasteiger partial charge is 0.268 e. The minimum Gasteiger partial charge on any atom is -0.420 e. The number of carbonyl (C=O) groups is 1. The molecule has 0 spiro atoms. The maximum absolute atomic E-state index is 12.8. The highest BCUT2D eigenvalue weighted by Gasteiger charge is 2.30. The molecule has 152 valence electrons. The van der Waals surface area contributed by atoms with Gasteiger partial charge in [-0.15, -0.1) is 10.2 Å². The Labute approximate surface area is 170 Å². The molecular formula is C22H27N5O2. The minimum atomic E-state index is -0.0813. The number of nitrogens with zero attached hydrogens (tertiary/aromatic N) is 4. The van der Waals surface area contributed by atoms with Gasteiger partial charge in [0.1, 0.15) is 5.69 Å². The van der Waals surface area contributed by atoms with E-state index in [1.807, 2.05) is 41.9 Å². The summed E-state index contributed by atoms with van der Waals surface area (Å²) in [5.41, 5.74) is 3.22. The fourth-order valence-corrected chi connectivity index (χ4v) is 3.05. The van der Waals surface area contributed by atoms with Crippen LogP contribution in [0, 0.1) is 12.3 Å². The monoisotopic (exact) mass is 393 g/mol. The van der Waals surface area contributed by atoms with E-state index in [0.29, 0.717) is 29.0 Å². The van der Waals surface area contributed by atoms with Crippen LogP contribution in [0.25, 0.3) is 17.3 Å². The van der Waals surface area contributed by atoms with Crippen molar-refractivity contribution in [2.75, 3.05) is 0 Å². The molecule has 2 heterocycles. The van der Waals surface area contributed by atoms with Crippen LogP contribution in [0.1, 0.15) is 68.4 Å². The van der Waals surface area contributed by atoms with E-state index in [4.69, 9.17) is 9.52 Å². The van der Waals surface area contributed by atoms with Gasteiger partial charge in [-0.05, 0) is 49.4 Å². The Balaban J connectivity index is 1.66. The third-order valence-electron chi connectivity index (χ3n) is 5.48. The number of carbonyl (C=O) groups excluding carboxylic acids is 1. The maximum atomic E-state index is 12.8. The number of hydrogen-bond acceptors (Lipinski definition) is 5. The number of nitrogens with one attached hydrogen (secondary N) is 1. The summed E-state index contributed by atoms with van der Waals surface area (Å²) in [6, 6.07) is 9.63. The highest BCUT2D eigenvalue weighted by molar-refractivity contribution is 5.95. The van der Waals surface area contributed by atoms with Crippen molar-refractivity contribution >= 4 is 5.91 Å². The number of hydrogen-bond donors (Lipinski definition) is 1. The predicted molar refractivity (Wildman–Crippen MR) is 110 cm³/mol. The van der Waals surface area contributed by atoms with Crippen LogP contribution in [0.15, 0.2) is 34.7 Å². The Morgan fingerprint density at radius 3 is 2.62 bits per heavy atom. The van der Waals surface area contributed by atoms with Gasteiger partial charge in [-0.1, -0.05) is 26.8 Å². The molecule has 1 aromatic carbocycles. The van der Waals surface area contributed by atoms with Crippen molar-refractivity contribution in [1.29, 1.82) is 0 Å². The molecule has 2 aromatic heterocycles. The molecule has 0 saturated heterocycles. The Hall–Kier alpha value is -2.96. The highest BCUT2D eigenvalue weighted by atomic mass is 16.4. The molecule has 29 heavy (non-hydrogen) atoms. The van der Waals surface area contributed by atoms with E-state index in [1.54, 1.807) is 6.92 Å². The lowest BCUT2D eigenvalue weighted by Crippen LogP contribution is -2.41. The number of rotatable bonds is 5. The van der Waals surface area contributed by atoms with E-state index in [9.17, 15) is 4.79 Å². The molecule has 1 aliphatic carbocycles. The van der Waals surface area contributed by atoms with Gasteiger partial charge in [-0.25, -0.2) is 4.68 Å². The van der Waals surface area contributed by atoms with E-state index in [0.717, 1.165) is 24.2 Å². The molecule has 4 rings (SSSR count). The summed E-state index contributed by atoms with van der Waals surface area (Å²) in [7, 11) is 0. The topological polar surface area (TPSA) is 85.8 Å². The molecule has 0 bridgehead atoms. The van der Waals surface area contributed by atoms with Gasteiger partial charge in [-0.2, -0.15) is 5.10 Å². The number of aromatic nitrogens is 4. The molecule has 3 aromatic rings. The summed E-state index contributed by atoms with van der Waals surface area (Å²) in [4.78, 5) is 12.8. The second-order valence-corrected chi connectivity index (χ2v) is 8.88. The number of aryl methyl sites for hydroxylation is 1. The van der Waals surface area contributed by atoms with Crippen LogP contribution in [0.2, 0.25) is 0 Å². The molecule has 0 aliphatic heterocycles. The SMILES string of the molecule is Cc1nnc(-c2cc(C3CC3)n(-c3cccc(C(=O)N[C@H](C)C(C)(C)C)c3)n2)o1. The zero-order valence-electron chi connectivity index (χ0n) is 17.6. The van der Waals surface area contributed by atoms with Gasteiger partial charge in [0.05, 0.1) is 5.69 Å². The molecule has 7 heteroatoms. The van der Waals surface area contributed by atoms with Crippen molar-refractivity contribution in [3.63, 3.8) is 0 Å². The lowest BCUT2D eigenvalue weighted by atomic mass is 9.88. The van der Waals surface area contributed by atoms with Crippen molar-refractivity contribution < 1.29 is 9.21 Å². The van der Waals surface area contributed by atoms with E-state index < -0.39 is 0 Å². The molecule has 7 nitrogen and oxygen atoms in total. The molecule has 1 N–H and O–H groups in total. The fraction of sp³-hybridized carbons (Fsp3) is 0.455. The molecule has 1 fully saturated rings. The summed E-state index contributed by atoms with van der Waals surface area (Å²) in [5.74, 6) is 1.31. The Bertz CT molecular complexity index is 1040. The van der Waals surface area contributed by atoms with Crippen LogP contribution in [0.3, 0.4) is 0 Å². The largest absolute Gasteiger partial charge is 0.420 e. The van der Waals surface area contributed by atoms with Gasteiger partial charge in [0.25, 0.3) is 11.8 Å². The summed E-state index contributed by atoms with van der Waals surface area (Å²) in [6.45, 7) is 10.1. The van der Waals surface area contributed by atoms with Crippen molar-refractivity contribution in [3.8, 4) is 17.3 Å². The predicted octanol–water partition coefficient (Wildman–Crippen LogP) is 4.27. The molecule has 1 atom stereocenters. The van der Waals surface area contributed by atoms with Gasteiger partial charge in [0, 0.05) is 30.1 Å². The average Bonchev–Trinajstić information content (AvgIpc) is 3.27. The van der Waals surface area contributed by atoms with Gasteiger partial charge in [0.15, 0.2) is 0 Å². The van der Waals surface area contributed by atoms with Crippen molar-refractivity contribution in [2.24, 2.45) is 5.41 Å². The molecule has 0 radical (unpaired) electrons. The number of amides is 1. The second kappa shape index (κ2) is 7.13. The second-order valence-electron chi connectivity index (χ2n) is 8.88. The first-order chi connectivity index (χ1) is 13.7. The Morgan fingerprint density at radius 1 is 1.24 bits per heavy atom. The van der Waals surface area contributed by atoms with Gasteiger partial charge < -0.3 is 9.73 Å². The van der Waals surface area contributed by atoms with E-state index >= 15 is 0 Å². The van der Waals surface area contributed by atoms with Crippen molar-refractivity contribution in [3.05, 3.63) is 47.5 Å². The molecular weight excluding hydrogens is 366 g/mol. The Kier molecular flexibility index (Phi) is 4.76. The zero-order valence-corrected chi connectivity index (χ0v) is 17.6. The maximum Gasteiger partial charge on any atom is 0.268 e. The van der Waals surface area contributed by atoms with Crippen LogP contribution in [0.5, 0.6) is 0 Å². The van der Waals surface area contributed by atoms with Gasteiger partial charge in [0.2, 0.25) is 5.89 Å². The lowest BCUT2D eigenvalue weighted by Gasteiger charge is -2.28. The van der Waals surface area contributed by atoms with E-state index in [-0.39, 0.29) is 17.4 Å². The zero-order chi connectivity index (χ0) is 20.8. The van der Waals surface area contributed by atoms with Crippen LogP contribution >= 0.6 is 0 Å². The number of benzene rings is 1. The van der Waals surface area contributed by atoms with Crippen LogP contribution in [0.4, 0.5) is 0 Å². The Morgan fingerprint density at radius 2 is 2.00 bits per heavy atom. The first kappa shape index (κ1) is 19.4. The average molecular weight is 393 g/mol. The first-order valence-electron chi connectivity index (χ1n) is 10.0. The quantitative estimate of drug-likeness (QED) is 0.699. The standard InChI is InChI=1S/C22H27N5O2/c1-13(22(3,4)5)23-20(28)16-7-6-8-17(11-16)27-19(15-9-10-15)12-18(26-27)21-25-24-14(2)29-21/h6-8,11-13,15H,9-10H2,1-5H3,(H,23,28)/t13-/m1/s1. The van der Waals surface area contributed by atoms with Crippen LogP contribution in [-0.2, 0) is 0 Å². The first-order valence-corrected chi connectivity index (χ1v) is 10.0.